The smallest absolute Gasteiger partial charge is 0.213 e. The second-order valence-corrected chi connectivity index (χ2v) is 6.74. The fourth-order valence-corrected chi connectivity index (χ4v) is 3.92. The standard InChI is InChI=1S/C18H25N5O/c1-24-17-10-6-7-14(19-17)13-22-11-4-2-8-15(22)18-21-20-16-9-3-5-12-23(16)18/h6-7,10,15H,2-5,8-9,11-13H2,1H3. The minimum absolute atomic E-state index is 0.353. The van der Waals surface area contributed by atoms with Gasteiger partial charge in [-0.15, -0.1) is 10.2 Å². The van der Waals surface area contributed by atoms with Crippen molar-refractivity contribution >= 4 is 0 Å². The van der Waals surface area contributed by atoms with E-state index in [2.05, 4.69) is 30.7 Å². The summed E-state index contributed by atoms with van der Waals surface area (Å²) in [4.78, 5) is 7.09. The third kappa shape index (κ3) is 3.02. The van der Waals surface area contributed by atoms with Crippen LogP contribution in [0.15, 0.2) is 18.2 Å². The lowest BCUT2D eigenvalue weighted by Gasteiger charge is -2.35. The maximum absolute atomic E-state index is 5.26. The fraction of sp³-hybridized carbons (Fsp3) is 0.611. The number of aryl methyl sites for hydroxylation is 1. The van der Waals surface area contributed by atoms with Crippen LogP contribution in [0.4, 0.5) is 0 Å². The van der Waals surface area contributed by atoms with Gasteiger partial charge in [-0.25, -0.2) is 4.98 Å². The molecule has 1 saturated heterocycles. The van der Waals surface area contributed by atoms with Crippen LogP contribution in [0.5, 0.6) is 5.88 Å². The van der Waals surface area contributed by atoms with Gasteiger partial charge in [0, 0.05) is 25.6 Å². The first kappa shape index (κ1) is 15.6. The van der Waals surface area contributed by atoms with Crippen molar-refractivity contribution < 1.29 is 4.74 Å². The van der Waals surface area contributed by atoms with Crippen LogP contribution in [-0.4, -0.2) is 38.3 Å². The zero-order valence-electron chi connectivity index (χ0n) is 14.3. The normalized spacial score (nSPS) is 21.5. The van der Waals surface area contributed by atoms with E-state index in [1.165, 1.54) is 31.5 Å². The highest BCUT2D eigenvalue weighted by Crippen LogP contribution is 2.32. The molecule has 2 aliphatic rings. The third-order valence-electron chi connectivity index (χ3n) is 5.16. The van der Waals surface area contributed by atoms with Crippen LogP contribution in [0.25, 0.3) is 0 Å². The van der Waals surface area contributed by atoms with Gasteiger partial charge >= 0.3 is 0 Å². The average Bonchev–Trinajstić information content (AvgIpc) is 3.06. The van der Waals surface area contributed by atoms with E-state index in [9.17, 15) is 0 Å². The molecule has 0 spiro atoms. The molecule has 0 amide bonds. The molecule has 2 aromatic rings. The molecule has 128 valence electrons. The third-order valence-corrected chi connectivity index (χ3v) is 5.16. The molecule has 0 bridgehead atoms. The number of aromatic nitrogens is 4. The Kier molecular flexibility index (Phi) is 4.47. The highest BCUT2D eigenvalue weighted by Gasteiger charge is 2.30. The molecule has 2 aliphatic heterocycles. The van der Waals surface area contributed by atoms with Gasteiger partial charge in [0.15, 0.2) is 0 Å². The van der Waals surface area contributed by atoms with Crippen LogP contribution in [-0.2, 0) is 19.5 Å². The Hall–Kier alpha value is -1.95. The molecule has 1 unspecified atom stereocenters. The summed E-state index contributed by atoms with van der Waals surface area (Å²) in [7, 11) is 1.66. The molecule has 0 saturated carbocycles. The number of likely N-dealkylation sites (tertiary alicyclic amines) is 1. The molecule has 0 aromatic carbocycles. The van der Waals surface area contributed by atoms with Gasteiger partial charge in [-0.2, -0.15) is 0 Å². The van der Waals surface area contributed by atoms with Gasteiger partial charge < -0.3 is 9.30 Å². The zero-order chi connectivity index (χ0) is 16.4. The minimum Gasteiger partial charge on any atom is -0.481 e. The molecule has 2 aromatic heterocycles. The Labute approximate surface area is 142 Å². The summed E-state index contributed by atoms with van der Waals surface area (Å²) in [6, 6.07) is 6.34. The number of fused-ring (bicyclic) bond motifs is 1. The quantitative estimate of drug-likeness (QED) is 0.864. The first-order chi connectivity index (χ1) is 11.8. The van der Waals surface area contributed by atoms with Crippen molar-refractivity contribution in [2.45, 2.75) is 57.7 Å². The summed E-state index contributed by atoms with van der Waals surface area (Å²) >= 11 is 0. The van der Waals surface area contributed by atoms with E-state index in [-0.39, 0.29) is 0 Å². The fourth-order valence-electron chi connectivity index (χ4n) is 3.92. The van der Waals surface area contributed by atoms with Gasteiger partial charge in [0.25, 0.3) is 0 Å². The maximum atomic E-state index is 5.26. The zero-order valence-corrected chi connectivity index (χ0v) is 14.3. The van der Waals surface area contributed by atoms with Crippen molar-refractivity contribution in [2.24, 2.45) is 0 Å². The van der Waals surface area contributed by atoms with E-state index >= 15 is 0 Å². The summed E-state index contributed by atoms with van der Waals surface area (Å²) < 4.78 is 7.63. The van der Waals surface area contributed by atoms with E-state index in [1.54, 1.807) is 7.11 Å². The first-order valence-electron chi connectivity index (χ1n) is 9.01. The first-order valence-corrected chi connectivity index (χ1v) is 9.01. The van der Waals surface area contributed by atoms with Crippen LogP contribution in [0.1, 0.15) is 55.5 Å². The monoisotopic (exact) mass is 327 g/mol. The van der Waals surface area contributed by atoms with Gasteiger partial charge in [0.2, 0.25) is 5.88 Å². The highest BCUT2D eigenvalue weighted by atomic mass is 16.5. The van der Waals surface area contributed by atoms with Gasteiger partial charge in [-0.1, -0.05) is 12.5 Å². The summed E-state index contributed by atoms with van der Waals surface area (Å²) in [5.74, 6) is 3.01. The van der Waals surface area contributed by atoms with Crippen LogP contribution >= 0.6 is 0 Å². The lowest BCUT2D eigenvalue weighted by Crippen LogP contribution is -2.35. The highest BCUT2D eigenvalue weighted by molar-refractivity contribution is 5.16. The summed E-state index contributed by atoms with van der Waals surface area (Å²) in [6.07, 6.45) is 7.19. The number of ether oxygens (including phenoxy) is 1. The number of piperidine rings is 1. The van der Waals surface area contributed by atoms with Crippen molar-refractivity contribution in [2.75, 3.05) is 13.7 Å². The van der Waals surface area contributed by atoms with Gasteiger partial charge in [0.05, 0.1) is 18.8 Å². The molecule has 1 atom stereocenters. The molecule has 4 heterocycles. The predicted octanol–water partition coefficient (Wildman–Crippen LogP) is 2.75. The number of rotatable bonds is 4. The maximum Gasteiger partial charge on any atom is 0.213 e. The van der Waals surface area contributed by atoms with Crippen LogP contribution < -0.4 is 4.74 Å². The minimum atomic E-state index is 0.353. The lowest BCUT2D eigenvalue weighted by atomic mass is 10.0. The van der Waals surface area contributed by atoms with E-state index in [0.717, 1.165) is 44.0 Å². The van der Waals surface area contributed by atoms with Crippen molar-refractivity contribution in [1.29, 1.82) is 0 Å². The van der Waals surface area contributed by atoms with Gasteiger partial charge in [-0.05, 0) is 38.3 Å². The van der Waals surface area contributed by atoms with Gasteiger partial charge in [-0.3, -0.25) is 4.90 Å². The van der Waals surface area contributed by atoms with Gasteiger partial charge in [0.1, 0.15) is 11.6 Å². The van der Waals surface area contributed by atoms with E-state index in [0.29, 0.717) is 11.9 Å². The van der Waals surface area contributed by atoms with E-state index in [4.69, 9.17) is 4.74 Å². The number of nitrogens with zero attached hydrogens (tertiary/aromatic N) is 5. The van der Waals surface area contributed by atoms with Crippen molar-refractivity contribution in [3.05, 3.63) is 35.5 Å². The largest absolute Gasteiger partial charge is 0.481 e. The van der Waals surface area contributed by atoms with E-state index < -0.39 is 0 Å². The van der Waals surface area contributed by atoms with E-state index in [1.807, 2.05) is 12.1 Å². The molecule has 0 N–H and O–H groups in total. The molecule has 4 rings (SSSR count). The Morgan fingerprint density at radius 3 is 2.96 bits per heavy atom. The molecular weight excluding hydrogens is 302 g/mol. The number of hydrogen-bond acceptors (Lipinski definition) is 5. The molecule has 24 heavy (non-hydrogen) atoms. The molecule has 6 nitrogen and oxygen atoms in total. The molecule has 6 heteroatoms. The summed E-state index contributed by atoms with van der Waals surface area (Å²) in [6.45, 7) is 3.00. The van der Waals surface area contributed by atoms with Crippen molar-refractivity contribution in [3.8, 4) is 5.88 Å². The average molecular weight is 327 g/mol. The number of methoxy groups -OCH3 is 1. The Morgan fingerprint density at radius 1 is 1.12 bits per heavy atom. The Balaban J connectivity index is 1.58. The SMILES string of the molecule is COc1cccc(CN2CCCCC2c2nnc3n2CCCC3)n1. The second-order valence-electron chi connectivity index (χ2n) is 6.74. The van der Waals surface area contributed by atoms with Crippen LogP contribution in [0.2, 0.25) is 0 Å². The molecular formula is C18H25N5O. The Bertz CT molecular complexity index is 698. The second kappa shape index (κ2) is 6.89. The van der Waals surface area contributed by atoms with Crippen LogP contribution in [0, 0.1) is 0 Å². The van der Waals surface area contributed by atoms with Crippen molar-refractivity contribution in [3.63, 3.8) is 0 Å². The molecule has 0 radical (unpaired) electrons. The van der Waals surface area contributed by atoms with Crippen molar-refractivity contribution in [1.82, 2.24) is 24.6 Å². The number of hydrogen-bond donors (Lipinski definition) is 0. The molecule has 1 fully saturated rings. The summed E-state index contributed by atoms with van der Waals surface area (Å²) in [5, 5.41) is 9.02. The Morgan fingerprint density at radius 2 is 2.04 bits per heavy atom. The topological polar surface area (TPSA) is 56.1 Å². The lowest BCUT2D eigenvalue weighted by molar-refractivity contribution is 0.128. The summed E-state index contributed by atoms with van der Waals surface area (Å²) in [5.41, 5.74) is 1.06. The van der Waals surface area contributed by atoms with Crippen LogP contribution in [0.3, 0.4) is 0 Å². The molecule has 0 aliphatic carbocycles. The number of pyridine rings is 1. The predicted molar refractivity (Wildman–Crippen MR) is 90.8 cm³/mol.